The molecule has 0 N–H and O–H groups in total. The van der Waals surface area contributed by atoms with Crippen LogP contribution in [0.25, 0.3) is 11.3 Å². The van der Waals surface area contributed by atoms with E-state index < -0.39 is 0 Å². The molecule has 0 amide bonds. The predicted molar refractivity (Wildman–Crippen MR) is 102 cm³/mol. The molecule has 0 fully saturated rings. The summed E-state index contributed by atoms with van der Waals surface area (Å²) in [6.07, 6.45) is 1.80. The lowest BCUT2D eigenvalue weighted by Crippen LogP contribution is -2.14. The summed E-state index contributed by atoms with van der Waals surface area (Å²) in [5.41, 5.74) is 5.97. The molecular formula is C20H21N3S. The Morgan fingerprint density at radius 2 is 1.58 bits per heavy atom. The van der Waals surface area contributed by atoms with Crippen LogP contribution in [0.1, 0.15) is 23.6 Å². The third-order valence-corrected chi connectivity index (χ3v) is 4.74. The van der Waals surface area contributed by atoms with E-state index in [0.29, 0.717) is 0 Å². The lowest BCUT2D eigenvalue weighted by atomic mass is 10.1. The largest absolute Gasteiger partial charge is 0.315 e. The maximum absolute atomic E-state index is 4.41. The average Bonchev–Trinajstić information content (AvgIpc) is 3.00. The summed E-state index contributed by atoms with van der Waals surface area (Å²) < 4.78 is 2.20. The third kappa shape index (κ3) is 3.71. The van der Waals surface area contributed by atoms with E-state index in [4.69, 9.17) is 0 Å². The monoisotopic (exact) mass is 335 g/mol. The topological polar surface area (TPSA) is 29.6 Å². The minimum Gasteiger partial charge on any atom is -0.315 e. The van der Waals surface area contributed by atoms with Crippen molar-refractivity contribution in [2.45, 2.75) is 27.3 Å². The second kappa shape index (κ2) is 7.41. The minimum absolute atomic E-state index is 0.867. The third-order valence-electron chi connectivity index (χ3n) is 3.89. The molecule has 0 atom stereocenters. The number of thiazole rings is 1. The molecule has 0 aliphatic carbocycles. The average molecular weight is 335 g/mol. The summed E-state index contributed by atoms with van der Waals surface area (Å²) in [7, 11) is 0. The van der Waals surface area contributed by atoms with Crippen LogP contribution in [0.15, 0.2) is 64.1 Å². The van der Waals surface area contributed by atoms with E-state index in [2.05, 4.69) is 77.3 Å². The molecule has 3 nitrogen and oxygen atoms in total. The molecule has 0 radical (unpaired) electrons. The van der Waals surface area contributed by atoms with Gasteiger partial charge >= 0.3 is 0 Å². The van der Waals surface area contributed by atoms with Crippen molar-refractivity contribution in [2.24, 2.45) is 10.2 Å². The van der Waals surface area contributed by atoms with Crippen LogP contribution in [-0.4, -0.2) is 10.8 Å². The smallest absolute Gasteiger partial charge is 0.211 e. The second-order valence-electron chi connectivity index (χ2n) is 5.77. The zero-order valence-electron chi connectivity index (χ0n) is 14.2. The quantitative estimate of drug-likeness (QED) is 0.485. The maximum Gasteiger partial charge on any atom is 0.211 e. The van der Waals surface area contributed by atoms with Gasteiger partial charge in [0.1, 0.15) is 0 Å². The van der Waals surface area contributed by atoms with Gasteiger partial charge < -0.3 is 4.57 Å². The van der Waals surface area contributed by atoms with E-state index in [0.717, 1.165) is 16.9 Å². The highest BCUT2D eigenvalue weighted by Gasteiger charge is 2.06. The molecule has 0 bridgehead atoms. The zero-order valence-corrected chi connectivity index (χ0v) is 15.0. The van der Waals surface area contributed by atoms with Gasteiger partial charge in [-0.25, -0.2) is 0 Å². The summed E-state index contributed by atoms with van der Waals surface area (Å²) in [5, 5.41) is 10.8. The van der Waals surface area contributed by atoms with E-state index in [1.54, 1.807) is 17.6 Å². The van der Waals surface area contributed by atoms with Crippen molar-refractivity contribution in [3.8, 4) is 11.3 Å². The summed E-state index contributed by atoms with van der Waals surface area (Å²) in [6.45, 7) is 7.18. The van der Waals surface area contributed by atoms with Crippen molar-refractivity contribution in [3.05, 3.63) is 75.4 Å². The van der Waals surface area contributed by atoms with Gasteiger partial charge in [-0.2, -0.15) is 5.10 Å². The van der Waals surface area contributed by atoms with E-state index in [-0.39, 0.29) is 0 Å². The van der Waals surface area contributed by atoms with Crippen LogP contribution >= 0.6 is 11.3 Å². The first kappa shape index (κ1) is 16.4. The highest BCUT2D eigenvalue weighted by molar-refractivity contribution is 7.07. The number of rotatable bonds is 4. The molecule has 122 valence electrons. The van der Waals surface area contributed by atoms with Crippen LogP contribution in [0.4, 0.5) is 0 Å². The van der Waals surface area contributed by atoms with Crippen molar-refractivity contribution in [2.75, 3.05) is 0 Å². The zero-order chi connectivity index (χ0) is 16.9. The van der Waals surface area contributed by atoms with Crippen LogP contribution in [0.5, 0.6) is 0 Å². The fourth-order valence-electron chi connectivity index (χ4n) is 2.47. The minimum atomic E-state index is 0.867. The van der Waals surface area contributed by atoms with Crippen molar-refractivity contribution in [1.29, 1.82) is 0 Å². The predicted octanol–water partition coefficient (Wildman–Crippen LogP) is 4.79. The fraction of sp³-hybridized carbons (Fsp3) is 0.200. The molecule has 1 aromatic heterocycles. The Kier molecular flexibility index (Phi) is 5.06. The SMILES string of the molecule is CCn1c(-c2ccc(C)cc2)cs/c1=N\N=C/c1ccc(C)cc1. The lowest BCUT2D eigenvalue weighted by molar-refractivity contribution is 0.737. The second-order valence-corrected chi connectivity index (χ2v) is 6.61. The van der Waals surface area contributed by atoms with E-state index >= 15 is 0 Å². The van der Waals surface area contributed by atoms with Gasteiger partial charge in [0.25, 0.3) is 0 Å². The van der Waals surface area contributed by atoms with Gasteiger partial charge in [-0.1, -0.05) is 59.7 Å². The molecule has 3 rings (SSSR count). The van der Waals surface area contributed by atoms with Gasteiger partial charge in [-0.3, -0.25) is 0 Å². The normalized spacial score (nSPS) is 12.2. The molecule has 0 saturated heterocycles. The maximum atomic E-state index is 4.41. The Hall–Kier alpha value is -2.46. The number of aromatic nitrogens is 1. The molecule has 0 spiro atoms. The van der Waals surface area contributed by atoms with Gasteiger partial charge in [0.15, 0.2) is 0 Å². The van der Waals surface area contributed by atoms with Gasteiger partial charge in [-0.15, -0.1) is 16.4 Å². The number of nitrogens with zero attached hydrogens (tertiary/aromatic N) is 3. The van der Waals surface area contributed by atoms with Gasteiger partial charge in [0.05, 0.1) is 11.9 Å². The lowest BCUT2D eigenvalue weighted by Gasteiger charge is -2.05. The fourth-order valence-corrected chi connectivity index (χ4v) is 3.40. The molecule has 1 heterocycles. The van der Waals surface area contributed by atoms with E-state index in [1.165, 1.54) is 22.4 Å². The Bertz CT molecular complexity index is 897. The molecule has 4 heteroatoms. The highest BCUT2D eigenvalue weighted by atomic mass is 32.1. The van der Waals surface area contributed by atoms with Gasteiger partial charge in [0.2, 0.25) is 4.80 Å². The molecule has 2 aromatic carbocycles. The molecule has 0 aliphatic rings. The van der Waals surface area contributed by atoms with Crippen molar-refractivity contribution in [1.82, 2.24) is 4.57 Å². The van der Waals surface area contributed by atoms with Crippen molar-refractivity contribution >= 4 is 17.6 Å². The first-order valence-electron chi connectivity index (χ1n) is 8.06. The van der Waals surface area contributed by atoms with Gasteiger partial charge in [-0.05, 0) is 31.9 Å². The van der Waals surface area contributed by atoms with Crippen molar-refractivity contribution in [3.63, 3.8) is 0 Å². The van der Waals surface area contributed by atoms with Crippen molar-refractivity contribution < 1.29 is 0 Å². The molecular weight excluding hydrogens is 314 g/mol. The Balaban J connectivity index is 1.91. The summed E-state index contributed by atoms with van der Waals surface area (Å²) in [6, 6.07) is 16.8. The van der Waals surface area contributed by atoms with Crippen LogP contribution in [0, 0.1) is 13.8 Å². The number of hydrogen-bond donors (Lipinski definition) is 0. The molecule has 0 saturated carbocycles. The Morgan fingerprint density at radius 3 is 2.21 bits per heavy atom. The standard InChI is InChI=1S/C20H21N3S/c1-4-23-19(18-11-7-16(3)8-12-18)14-24-20(23)22-21-13-17-9-5-15(2)6-10-17/h5-14H,4H2,1-3H3/b21-13-,22-20-. The molecule has 0 aliphatic heterocycles. The number of hydrogen-bond acceptors (Lipinski definition) is 3. The molecule has 0 unspecified atom stereocenters. The molecule has 24 heavy (non-hydrogen) atoms. The number of aryl methyl sites for hydroxylation is 2. The van der Waals surface area contributed by atoms with Crippen LogP contribution in [-0.2, 0) is 6.54 Å². The first-order valence-corrected chi connectivity index (χ1v) is 8.94. The number of benzene rings is 2. The molecule has 3 aromatic rings. The summed E-state index contributed by atoms with van der Waals surface area (Å²) in [5.74, 6) is 0. The van der Waals surface area contributed by atoms with Crippen LogP contribution in [0.2, 0.25) is 0 Å². The van der Waals surface area contributed by atoms with E-state index in [1.807, 2.05) is 12.1 Å². The Labute approximate surface area is 146 Å². The highest BCUT2D eigenvalue weighted by Crippen LogP contribution is 2.20. The Morgan fingerprint density at radius 1 is 0.958 bits per heavy atom. The first-order chi connectivity index (χ1) is 11.7. The summed E-state index contributed by atoms with van der Waals surface area (Å²) in [4.78, 5) is 0.913. The van der Waals surface area contributed by atoms with E-state index in [9.17, 15) is 0 Å². The van der Waals surface area contributed by atoms with Crippen LogP contribution in [0.3, 0.4) is 0 Å². The van der Waals surface area contributed by atoms with Crippen LogP contribution < -0.4 is 4.80 Å². The van der Waals surface area contributed by atoms with Gasteiger partial charge in [0, 0.05) is 11.9 Å². The summed E-state index contributed by atoms with van der Waals surface area (Å²) >= 11 is 1.62.